The van der Waals surface area contributed by atoms with Crippen LogP contribution >= 0.6 is 0 Å². The number of esters is 3. The highest BCUT2D eigenvalue weighted by Gasteiger charge is 2.19. The molecule has 0 aliphatic heterocycles. The number of carbonyl (C=O) groups excluding carboxylic acids is 3. The standard InChI is InChI=1S/C60H90O6/c1-4-7-10-13-16-19-22-25-27-29-30-32-33-35-38-41-44-47-50-53-59(62)65-56-57(55-64-58(61)52-49-46-43-40-37-24-21-18-15-12-9-6-3)66-60(63)54-51-48-45-42-39-36-34-31-28-26-23-20-17-14-11-8-5-2/h7-8,10-11,14,16-21,23,25-28,30-32,34-36,38-39,44,47,57H,4-6,9,12-13,15,22,24,29,33,37,40-43,45-46,48-56H2,1-3H3/b10-7-,11-8-,17-14-,19-16-,21-18-,23-20-,27-25-,28-26-,32-30-,34-31+,38-35-,39-36-,47-44-. The van der Waals surface area contributed by atoms with Crippen molar-refractivity contribution in [2.24, 2.45) is 0 Å². The summed E-state index contributed by atoms with van der Waals surface area (Å²) in [6, 6.07) is 0. The first-order valence-corrected chi connectivity index (χ1v) is 25.6. The Morgan fingerprint density at radius 1 is 0.333 bits per heavy atom. The lowest BCUT2D eigenvalue weighted by atomic mass is 10.1. The Balaban J connectivity index is 4.64. The van der Waals surface area contributed by atoms with E-state index < -0.39 is 6.10 Å². The topological polar surface area (TPSA) is 78.9 Å². The van der Waals surface area contributed by atoms with E-state index >= 15 is 0 Å². The third kappa shape index (κ3) is 50.0. The van der Waals surface area contributed by atoms with Gasteiger partial charge in [-0.3, -0.25) is 14.4 Å². The van der Waals surface area contributed by atoms with Crippen molar-refractivity contribution in [1.29, 1.82) is 0 Å². The maximum atomic E-state index is 12.8. The van der Waals surface area contributed by atoms with E-state index in [4.69, 9.17) is 14.2 Å². The molecule has 0 aliphatic rings. The fourth-order valence-corrected chi connectivity index (χ4v) is 6.14. The number of allylic oxidation sites excluding steroid dienone is 26. The van der Waals surface area contributed by atoms with Crippen LogP contribution in [-0.2, 0) is 28.6 Å². The summed E-state index contributed by atoms with van der Waals surface area (Å²) in [5, 5.41) is 0. The number of hydrogen-bond acceptors (Lipinski definition) is 6. The molecule has 0 aromatic carbocycles. The van der Waals surface area contributed by atoms with Gasteiger partial charge in [0.15, 0.2) is 6.10 Å². The summed E-state index contributed by atoms with van der Waals surface area (Å²) in [6.07, 6.45) is 76.6. The van der Waals surface area contributed by atoms with Gasteiger partial charge in [-0.2, -0.15) is 0 Å². The minimum atomic E-state index is -0.843. The van der Waals surface area contributed by atoms with Crippen LogP contribution in [0.1, 0.15) is 181 Å². The van der Waals surface area contributed by atoms with E-state index in [9.17, 15) is 14.4 Å². The van der Waals surface area contributed by atoms with Crippen molar-refractivity contribution in [2.45, 2.75) is 187 Å². The van der Waals surface area contributed by atoms with Crippen LogP contribution in [0, 0.1) is 0 Å². The Labute approximate surface area is 403 Å². The molecule has 6 nitrogen and oxygen atoms in total. The van der Waals surface area contributed by atoms with Gasteiger partial charge in [0.2, 0.25) is 0 Å². The molecule has 0 radical (unpaired) electrons. The van der Waals surface area contributed by atoms with Crippen molar-refractivity contribution in [3.63, 3.8) is 0 Å². The van der Waals surface area contributed by atoms with E-state index in [1.165, 1.54) is 32.1 Å². The molecule has 0 rings (SSSR count). The number of rotatable bonds is 43. The summed E-state index contributed by atoms with van der Waals surface area (Å²) in [6.45, 7) is 6.21. The second-order valence-corrected chi connectivity index (χ2v) is 16.1. The van der Waals surface area contributed by atoms with Gasteiger partial charge in [0.25, 0.3) is 0 Å². The number of unbranched alkanes of at least 4 members (excludes halogenated alkanes) is 11. The Kier molecular flexibility index (Phi) is 48.7. The van der Waals surface area contributed by atoms with E-state index in [1.54, 1.807) is 0 Å². The second kappa shape index (κ2) is 52.7. The Bertz CT molecular complexity index is 1560. The second-order valence-electron chi connectivity index (χ2n) is 16.1. The Morgan fingerprint density at radius 3 is 1.21 bits per heavy atom. The molecule has 0 N–H and O–H groups in total. The molecular weight excluding hydrogens is 817 g/mol. The molecular formula is C60H90O6. The third-order valence-electron chi connectivity index (χ3n) is 9.92. The van der Waals surface area contributed by atoms with Crippen molar-refractivity contribution in [2.75, 3.05) is 13.2 Å². The zero-order valence-corrected chi connectivity index (χ0v) is 41.6. The lowest BCUT2D eigenvalue weighted by molar-refractivity contribution is -0.166. The maximum absolute atomic E-state index is 12.8. The van der Waals surface area contributed by atoms with Gasteiger partial charge in [0, 0.05) is 19.3 Å². The van der Waals surface area contributed by atoms with Crippen LogP contribution in [0.4, 0.5) is 0 Å². The quantitative estimate of drug-likeness (QED) is 0.0199. The van der Waals surface area contributed by atoms with E-state index in [-0.39, 0.29) is 44.0 Å². The lowest BCUT2D eigenvalue weighted by Crippen LogP contribution is -2.30. The SMILES string of the molecule is CC\C=C/C=C\C=C/C=C\C=C\C=C/CCCCCC(=O)OC(COC(=O)CC/C=C\C/C=C\C/C=C\C/C=C\C/C=C\C/C=C\CC)COC(=O)CCCCCCC/C=C\CCCCC. The average molecular weight is 907 g/mol. The van der Waals surface area contributed by atoms with E-state index in [0.29, 0.717) is 19.3 Å². The lowest BCUT2D eigenvalue weighted by Gasteiger charge is -2.18. The van der Waals surface area contributed by atoms with Crippen molar-refractivity contribution in [3.05, 3.63) is 158 Å². The molecule has 1 atom stereocenters. The van der Waals surface area contributed by atoms with Crippen molar-refractivity contribution < 1.29 is 28.6 Å². The van der Waals surface area contributed by atoms with E-state index in [0.717, 1.165) is 96.3 Å². The van der Waals surface area contributed by atoms with Gasteiger partial charge < -0.3 is 14.2 Å². The van der Waals surface area contributed by atoms with Crippen molar-refractivity contribution in [1.82, 2.24) is 0 Å². The van der Waals surface area contributed by atoms with Crippen LogP contribution in [0.2, 0.25) is 0 Å². The summed E-state index contributed by atoms with van der Waals surface area (Å²) in [5.74, 6) is -1.09. The highest BCUT2D eigenvalue weighted by Crippen LogP contribution is 2.11. The molecule has 366 valence electrons. The van der Waals surface area contributed by atoms with Gasteiger partial charge in [-0.25, -0.2) is 0 Å². The van der Waals surface area contributed by atoms with Crippen molar-refractivity contribution >= 4 is 17.9 Å². The smallest absolute Gasteiger partial charge is 0.306 e. The summed E-state index contributed by atoms with van der Waals surface area (Å²) in [7, 11) is 0. The molecule has 0 aromatic heterocycles. The van der Waals surface area contributed by atoms with E-state index in [1.807, 2.05) is 72.9 Å². The van der Waals surface area contributed by atoms with Crippen molar-refractivity contribution in [3.8, 4) is 0 Å². The van der Waals surface area contributed by atoms with Crippen LogP contribution < -0.4 is 0 Å². The summed E-state index contributed by atoms with van der Waals surface area (Å²) >= 11 is 0. The monoisotopic (exact) mass is 907 g/mol. The molecule has 1 unspecified atom stereocenters. The van der Waals surface area contributed by atoms with Gasteiger partial charge in [-0.15, -0.1) is 0 Å². The molecule has 0 amide bonds. The predicted molar refractivity (Wildman–Crippen MR) is 283 cm³/mol. The maximum Gasteiger partial charge on any atom is 0.306 e. The molecule has 0 saturated heterocycles. The van der Waals surface area contributed by atoms with E-state index in [2.05, 4.69) is 106 Å². The summed E-state index contributed by atoms with van der Waals surface area (Å²) in [5.41, 5.74) is 0. The predicted octanol–water partition coefficient (Wildman–Crippen LogP) is 17.0. The molecule has 66 heavy (non-hydrogen) atoms. The fourth-order valence-electron chi connectivity index (χ4n) is 6.14. The zero-order valence-electron chi connectivity index (χ0n) is 41.6. The minimum Gasteiger partial charge on any atom is -0.462 e. The first kappa shape index (κ1) is 61.0. The first-order valence-electron chi connectivity index (χ1n) is 25.6. The molecule has 0 aliphatic carbocycles. The Hall–Kier alpha value is -4.97. The molecule has 0 heterocycles. The van der Waals surface area contributed by atoms with Crippen LogP contribution in [0.5, 0.6) is 0 Å². The summed E-state index contributed by atoms with van der Waals surface area (Å²) < 4.78 is 16.7. The summed E-state index contributed by atoms with van der Waals surface area (Å²) in [4.78, 5) is 37.9. The zero-order chi connectivity index (χ0) is 47.9. The van der Waals surface area contributed by atoms with Gasteiger partial charge >= 0.3 is 17.9 Å². The fraction of sp³-hybridized carbons (Fsp3) is 0.517. The first-order chi connectivity index (χ1) is 32.5. The van der Waals surface area contributed by atoms with Gasteiger partial charge in [0.05, 0.1) is 0 Å². The molecule has 0 fully saturated rings. The molecule has 0 aromatic rings. The average Bonchev–Trinajstić information content (AvgIpc) is 3.31. The van der Waals surface area contributed by atoms with Crippen LogP contribution in [0.15, 0.2) is 158 Å². The molecule has 6 heteroatoms. The highest BCUT2D eigenvalue weighted by molar-refractivity contribution is 5.71. The van der Waals surface area contributed by atoms with Gasteiger partial charge in [-0.05, 0) is 103 Å². The number of carbonyl (C=O) groups is 3. The van der Waals surface area contributed by atoms with Gasteiger partial charge in [-0.1, -0.05) is 217 Å². The molecule has 0 saturated carbocycles. The normalized spacial score (nSPS) is 13.4. The van der Waals surface area contributed by atoms with Gasteiger partial charge in [0.1, 0.15) is 13.2 Å². The number of hydrogen-bond donors (Lipinski definition) is 0. The largest absolute Gasteiger partial charge is 0.462 e. The van der Waals surface area contributed by atoms with Crippen LogP contribution in [-0.4, -0.2) is 37.2 Å². The molecule has 0 spiro atoms. The third-order valence-corrected chi connectivity index (χ3v) is 9.92. The van der Waals surface area contributed by atoms with Crippen LogP contribution in [0.25, 0.3) is 0 Å². The minimum absolute atomic E-state index is 0.132. The molecule has 0 bridgehead atoms. The Morgan fingerprint density at radius 2 is 0.697 bits per heavy atom. The van der Waals surface area contributed by atoms with Crippen LogP contribution in [0.3, 0.4) is 0 Å². The highest BCUT2D eigenvalue weighted by atomic mass is 16.6. The number of ether oxygens (including phenoxy) is 3.